The minimum absolute atomic E-state index is 0.135. The number of nitrogens with one attached hydrogen (secondary N) is 1. The van der Waals surface area contributed by atoms with E-state index in [-0.39, 0.29) is 13.0 Å². The van der Waals surface area contributed by atoms with E-state index in [1.165, 1.54) is 0 Å². The van der Waals surface area contributed by atoms with Crippen LogP contribution in [0.1, 0.15) is 28.8 Å². The molecule has 0 saturated carbocycles. The standard InChI is InChI=1S/C13H19NO8P2/c1-2-10-4-6-11(7-5-10)12(15)14-9-3-8-13(16,23(17,18)19)24(20,21)22/h2,4-7,16H,1,3,8-9H2,(H,14,15)(H2,17,18,19)(H2,20,21,22). The van der Waals surface area contributed by atoms with E-state index in [1.54, 1.807) is 30.3 Å². The first-order valence-corrected chi connectivity index (χ1v) is 9.99. The fourth-order valence-electron chi connectivity index (χ4n) is 1.86. The van der Waals surface area contributed by atoms with Crippen molar-refractivity contribution in [3.05, 3.63) is 42.0 Å². The molecule has 0 radical (unpaired) electrons. The molecule has 1 aromatic rings. The van der Waals surface area contributed by atoms with Crippen LogP contribution in [0.25, 0.3) is 6.08 Å². The van der Waals surface area contributed by atoms with Gasteiger partial charge in [0.2, 0.25) is 0 Å². The van der Waals surface area contributed by atoms with Gasteiger partial charge in [-0.15, -0.1) is 0 Å². The smallest absolute Gasteiger partial charge is 0.368 e. The van der Waals surface area contributed by atoms with E-state index in [0.717, 1.165) is 5.56 Å². The van der Waals surface area contributed by atoms with E-state index in [1.807, 2.05) is 0 Å². The summed E-state index contributed by atoms with van der Waals surface area (Å²) in [6, 6.07) is 6.44. The monoisotopic (exact) mass is 379 g/mol. The van der Waals surface area contributed by atoms with Crippen molar-refractivity contribution in [1.29, 1.82) is 0 Å². The average molecular weight is 379 g/mol. The molecule has 0 fully saturated rings. The van der Waals surface area contributed by atoms with Gasteiger partial charge in [-0.1, -0.05) is 24.8 Å². The van der Waals surface area contributed by atoms with Crippen molar-refractivity contribution in [1.82, 2.24) is 5.32 Å². The fraction of sp³-hybridized carbons (Fsp3) is 0.308. The zero-order valence-corrected chi connectivity index (χ0v) is 14.4. The van der Waals surface area contributed by atoms with Crippen LogP contribution in [0, 0.1) is 0 Å². The first kappa shape index (κ1) is 20.7. The number of rotatable bonds is 8. The Morgan fingerprint density at radius 1 is 1.12 bits per heavy atom. The lowest BCUT2D eigenvalue weighted by molar-refractivity contribution is 0.0946. The molecule has 0 atom stereocenters. The molecule has 0 aliphatic carbocycles. The van der Waals surface area contributed by atoms with E-state index in [0.29, 0.717) is 5.56 Å². The maximum Gasteiger partial charge on any atom is 0.369 e. The Kier molecular flexibility index (Phi) is 6.67. The van der Waals surface area contributed by atoms with Crippen molar-refractivity contribution in [2.75, 3.05) is 6.54 Å². The molecule has 1 rings (SSSR count). The van der Waals surface area contributed by atoms with Crippen LogP contribution < -0.4 is 5.32 Å². The summed E-state index contributed by atoms with van der Waals surface area (Å²) in [5, 5.41) is 8.64. The highest BCUT2D eigenvalue weighted by atomic mass is 31.2. The minimum atomic E-state index is -5.47. The van der Waals surface area contributed by atoms with Crippen LogP contribution in [-0.2, 0) is 9.13 Å². The lowest BCUT2D eigenvalue weighted by Crippen LogP contribution is -2.31. The summed E-state index contributed by atoms with van der Waals surface area (Å²) in [5.74, 6) is -0.471. The number of amides is 1. The highest BCUT2D eigenvalue weighted by molar-refractivity contribution is 7.72. The van der Waals surface area contributed by atoms with Crippen LogP contribution in [0.4, 0.5) is 0 Å². The number of benzene rings is 1. The maximum atomic E-state index is 11.9. The second-order valence-electron chi connectivity index (χ2n) is 5.05. The maximum absolute atomic E-state index is 11.9. The molecule has 11 heteroatoms. The molecule has 0 aliphatic heterocycles. The van der Waals surface area contributed by atoms with Gasteiger partial charge in [-0.3, -0.25) is 13.9 Å². The predicted molar refractivity (Wildman–Crippen MR) is 87.1 cm³/mol. The summed E-state index contributed by atoms with van der Waals surface area (Å²) in [7, 11) is -10.9. The molecule has 0 aliphatic rings. The first-order chi connectivity index (χ1) is 10.9. The normalized spacial score (nSPS) is 12.7. The topological polar surface area (TPSA) is 164 Å². The first-order valence-electron chi connectivity index (χ1n) is 6.77. The molecule has 24 heavy (non-hydrogen) atoms. The molecule has 1 amide bonds. The van der Waals surface area contributed by atoms with E-state index < -0.39 is 32.6 Å². The van der Waals surface area contributed by atoms with Gasteiger partial charge in [0.1, 0.15) is 0 Å². The molecular weight excluding hydrogens is 360 g/mol. The van der Waals surface area contributed by atoms with Gasteiger partial charge >= 0.3 is 15.2 Å². The second-order valence-corrected chi connectivity index (χ2v) is 9.06. The zero-order chi connectivity index (χ0) is 18.6. The summed E-state index contributed by atoms with van der Waals surface area (Å²) < 4.78 is 22.3. The van der Waals surface area contributed by atoms with E-state index in [2.05, 4.69) is 11.9 Å². The number of carbonyl (C=O) groups excluding carboxylic acids is 1. The Bertz CT molecular complexity index is 668. The molecule has 0 unspecified atom stereocenters. The average Bonchev–Trinajstić information content (AvgIpc) is 2.49. The molecule has 6 N–H and O–H groups in total. The largest absolute Gasteiger partial charge is 0.369 e. The van der Waals surface area contributed by atoms with Crippen molar-refractivity contribution < 1.29 is 38.6 Å². The summed E-state index contributed by atoms with van der Waals surface area (Å²) in [6.07, 6.45) is 0.479. The third-order valence-corrected chi connectivity index (χ3v) is 7.19. The van der Waals surface area contributed by atoms with E-state index in [9.17, 15) is 19.0 Å². The van der Waals surface area contributed by atoms with Gasteiger partial charge in [0.25, 0.3) is 11.0 Å². The van der Waals surface area contributed by atoms with Crippen LogP contribution >= 0.6 is 15.2 Å². The molecule has 0 heterocycles. The number of hydrogen-bond acceptors (Lipinski definition) is 4. The van der Waals surface area contributed by atoms with E-state index >= 15 is 0 Å². The van der Waals surface area contributed by atoms with Gasteiger partial charge < -0.3 is 30.0 Å². The fourth-order valence-corrected chi connectivity index (χ4v) is 4.12. The van der Waals surface area contributed by atoms with Crippen molar-refractivity contribution in [2.45, 2.75) is 17.9 Å². The number of carbonyl (C=O) groups is 1. The van der Waals surface area contributed by atoms with Crippen molar-refractivity contribution in [3.8, 4) is 0 Å². The van der Waals surface area contributed by atoms with E-state index in [4.69, 9.17) is 19.6 Å². The Hall–Kier alpha value is -1.31. The van der Waals surface area contributed by atoms with Gasteiger partial charge in [0.05, 0.1) is 0 Å². The Balaban J connectivity index is 2.63. The summed E-state index contributed by atoms with van der Waals surface area (Å²) in [5.41, 5.74) is 1.15. The Morgan fingerprint density at radius 2 is 1.62 bits per heavy atom. The van der Waals surface area contributed by atoms with Gasteiger partial charge in [-0.25, -0.2) is 0 Å². The molecular formula is C13H19NO8P2. The predicted octanol–water partition coefficient (Wildman–Crippen LogP) is 0.841. The minimum Gasteiger partial charge on any atom is -0.368 e. The van der Waals surface area contributed by atoms with Gasteiger partial charge in [-0.05, 0) is 24.1 Å². The van der Waals surface area contributed by atoms with Crippen molar-refractivity contribution in [3.63, 3.8) is 0 Å². The molecule has 1 aromatic carbocycles. The van der Waals surface area contributed by atoms with Gasteiger partial charge in [0.15, 0.2) is 0 Å². The lowest BCUT2D eigenvalue weighted by Gasteiger charge is -2.29. The zero-order valence-electron chi connectivity index (χ0n) is 12.6. The summed E-state index contributed by atoms with van der Waals surface area (Å²) in [4.78, 5) is 47.8. The molecule has 9 nitrogen and oxygen atoms in total. The summed E-state index contributed by atoms with van der Waals surface area (Å²) in [6.45, 7) is 3.44. The third kappa shape index (κ3) is 4.84. The number of hydrogen-bond donors (Lipinski definition) is 6. The molecule has 0 spiro atoms. The summed E-state index contributed by atoms with van der Waals surface area (Å²) >= 11 is 0. The highest BCUT2D eigenvalue weighted by Crippen LogP contribution is 2.69. The van der Waals surface area contributed by atoms with Crippen LogP contribution in [0.15, 0.2) is 30.8 Å². The molecule has 134 valence electrons. The van der Waals surface area contributed by atoms with Crippen LogP contribution in [0.3, 0.4) is 0 Å². The van der Waals surface area contributed by atoms with Gasteiger partial charge in [0, 0.05) is 18.5 Å². The number of aliphatic hydroxyl groups is 1. The Morgan fingerprint density at radius 3 is 2.04 bits per heavy atom. The van der Waals surface area contributed by atoms with Crippen LogP contribution in [0.2, 0.25) is 0 Å². The lowest BCUT2D eigenvalue weighted by atomic mass is 10.1. The van der Waals surface area contributed by atoms with Crippen molar-refractivity contribution >= 4 is 27.2 Å². The molecule has 0 bridgehead atoms. The van der Waals surface area contributed by atoms with Crippen LogP contribution in [0.5, 0.6) is 0 Å². The second kappa shape index (κ2) is 7.72. The van der Waals surface area contributed by atoms with Crippen molar-refractivity contribution in [2.24, 2.45) is 0 Å². The highest BCUT2D eigenvalue weighted by Gasteiger charge is 2.58. The van der Waals surface area contributed by atoms with Crippen LogP contribution in [-0.4, -0.2) is 42.2 Å². The third-order valence-electron chi connectivity index (χ3n) is 3.32. The quantitative estimate of drug-likeness (QED) is 0.286. The van der Waals surface area contributed by atoms with Gasteiger partial charge in [-0.2, -0.15) is 0 Å². The molecule has 0 aromatic heterocycles. The SMILES string of the molecule is C=Cc1ccc(C(=O)NCCCC(O)(P(=O)(O)O)P(=O)(O)O)cc1. The molecule has 0 saturated heterocycles. The Labute approximate surface area is 138 Å².